The summed E-state index contributed by atoms with van der Waals surface area (Å²) in [6.07, 6.45) is 1.85. The van der Waals surface area contributed by atoms with Gasteiger partial charge < -0.3 is 15.4 Å². The monoisotopic (exact) mass is 426 g/mol. The normalized spacial score (nSPS) is 15.5. The van der Waals surface area contributed by atoms with Crippen molar-refractivity contribution in [1.29, 1.82) is 0 Å². The van der Waals surface area contributed by atoms with Crippen molar-refractivity contribution in [2.45, 2.75) is 17.7 Å². The van der Waals surface area contributed by atoms with Crippen molar-refractivity contribution in [3.63, 3.8) is 0 Å². The molecule has 0 fully saturated rings. The van der Waals surface area contributed by atoms with E-state index in [0.29, 0.717) is 33.8 Å². The molecule has 8 heteroatoms. The van der Waals surface area contributed by atoms with E-state index in [1.807, 2.05) is 48.7 Å². The molecule has 3 aromatic rings. The number of carbonyl (C=O) groups excluding carboxylic acids is 1. The number of carbonyl (C=O) groups is 1. The van der Waals surface area contributed by atoms with Crippen LogP contribution in [0.3, 0.4) is 0 Å². The Kier molecular flexibility index (Phi) is 5.34. The number of nitrogen functional groups attached to an aromatic ring is 1. The molecule has 1 aliphatic rings. The Morgan fingerprint density at radius 1 is 1.17 bits per heavy atom. The van der Waals surface area contributed by atoms with Gasteiger partial charge in [-0.1, -0.05) is 53.7 Å². The third-order valence-corrected chi connectivity index (χ3v) is 5.79. The highest BCUT2D eigenvalue weighted by Gasteiger charge is 2.42. The predicted molar refractivity (Wildman–Crippen MR) is 114 cm³/mol. The standard InChI is InChI=1S/C21H19ClN4O2S/c1-28-13-9-7-12(8-10-13)11-26-18(14-5-3-4-6-15(14)22)16-17(20(26)27)24-21(29-2)25-19(16)23/h3-10,18H,11H2,1-2H3,(H2,23,24,25). The van der Waals surface area contributed by atoms with Gasteiger partial charge in [0.25, 0.3) is 5.91 Å². The van der Waals surface area contributed by atoms with Crippen LogP contribution in [-0.2, 0) is 6.54 Å². The minimum Gasteiger partial charge on any atom is -0.497 e. The van der Waals surface area contributed by atoms with E-state index in [2.05, 4.69) is 9.97 Å². The SMILES string of the molecule is COc1ccc(CN2C(=O)c3nc(SC)nc(N)c3C2c2ccccc2Cl)cc1. The first kappa shape index (κ1) is 19.5. The number of hydrogen-bond donors (Lipinski definition) is 1. The maximum Gasteiger partial charge on any atom is 0.274 e. The zero-order valence-corrected chi connectivity index (χ0v) is 17.5. The fourth-order valence-corrected chi connectivity index (χ4v) is 4.12. The first-order valence-electron chi connectivity index (χ1n) is 8.93. The van der Waals surface area contributed by atoms with Crippen LogP contribution in [-0.4, -0.2) is 34.1 Å². The van der Waals surface area contributed by atoms with Crippen LogP contribution in [0.2, 0.25) is 5.02 Å². The van der Waals surface area contributed by atoms with Crippen molar-refractivity contribution >= 4 is 35.1 Å². The number of ether oxygens (including phenoxy) is 1. The maximum absolute atomic E-state index is 13.3. The summed E-state index contributed by atoms with van der Waals surface area (Å²) in [5, 5.41) is 1.03. The number of fused-ring (bicyclic) bond motifs is 1. The second-order valence-electron chi connectivity index (χ2n) is 6.56. The summed E-state index contributed by atoms with van der Waals surface area (Å²) in [6, 6.07) is 14.6. The third kappa shape index (κ3) is 3.52. The molecule has 0 aliphatic carbocycles. The highest BCUT2D eigenvalue weighted by Crippen LogP contribution is 2.43. The van der Waals surface area contributed by atoms with E-state index in [4.69, 9.17) is 22.1 Å². The van der Waals surface area contributed by atoms with Gasteiger partial charge in [0.15, 0.2) is 5.16 Å². The Bertz CT molecular complexity index is 1070. The first-order valence-corrected chi connectivity index (χ1v) is 10.5. The molecule has 0 bridgehead atoms. The summed E-state index contributed by atoms with van der Waals surface area (Å²) in [6.45, 7) is 0.378. The summed E-state index contributed by atoms with van der Waals surface area (Å²) in [5.74, 6) is 0.868. The van der Waals surface area contributed by atoms with Crippen molar-refractivity contribution in [2.24, 2.45) is 0 Å². The lowest BCUT2D eigenvalue weighted by Crippen LogP contribution is -2.28. The summed E-state index contributed by atoms with van der Waals surface area (Å²) >= 11 is 7.84. The second-order valence-corrected chi connectivity index (χ2v) is 7.74. The molecule has 0 saturated carbocycles. The van der Waals surface area contributed by atoms with E-state index in [1.165, 1.54) is 11.8 Å². The number of nitrogens with zero attached hydrogens (tertiary/aromatic N) is 3. The number of aromatic nitrogens is 2. The number of hydrogen-bond acceptors (Lipinski definition) is 6. The van der Waals surface area contributed by atoms with Gasteiger partial charge in [-0.2, -0.15) is 0 Å². The molecule has 2 aromatic carbocycles. The lowest BCUT2D eigenvalue weighted by molar-refractivity contribution is 0.0731. The minimum absolute atomic E-state index is 0.190. The molecule has 0 spiro atoms. The molecule has 2 N–H and O–H groups in total. The van der Waals surface area contributed by atoms with E-state index >= 15 is 0 Å². The number of benzene rings is 2. The molecule has 29 heavy (non-hydrogen) atoms. The molecule has 1 aromatic heterocycles. The average molecular weight is 427 g/mol. The molecule has 0 radical (unpaired) electrons. The molecule has 6 nitrogen and oxygen atoms in total. The topological polar surface area (TPSA) is 81.3 Å². The van der Waals surface area contributed by atoms with Gasteiger partial charge in [-0.3, -0.25) is 4.79 Å². The fraction of sp³-hybridized carbons (Fsp3) is 0.190. The van der Waals surface area contributed by atoms with Crippen molar-refractivity contribution in [1.82, 2.24) is 14.9 Å². The van der Waals surface area contributed by atoms with Gasteiger partial charge >= 0.3 is 0 Å². The maximum atomic E-state index is 13.3. The molecule has 1 unspecified atom stereocenters. The molecule has 148 valence electrons. The molecule has 1 atom stereocenters. The molecular weight excluding hydrogens is 408 g/mol. The van der Waals surface area contributed by atoms with Crippen LogP contribution < -0.4 is 10.5 Å². The number of amides is 1. The number of thioether (sulfide) groups is 1. The number of methoxy groups -OCH3 is 1. The fourth-order valence-electron chi connectivity index (χ4n) is 3.51. The lowest BCUT2D eigenvalue weighted by atomic mass is 9.99. The smallest absolute Gasteiger partial charge is 0.274 e. The molecule has 1 amide bonds. The Labute approximate surface area is 178 Å². The number of nitrogens with two attached hydrogens (primary N) is 1. The first-order chi connectivity index (χ1) is 14.0. The Hall–Kier alpha value is -2.77. The van der Waals surface area contributed by atoms with Crippen LogP contribution in [0.25, 0.3) is 0 Å². The number of halogens is 1. The van der Waals surface area contributed by atoms with Crippen LogP contribution in [0.15, 0.2) is 53.7 Å². The Morgan fingerprint density at radius 2 is 1.90 bits per heavy atom. The minimum atomic E-state index is -0.454. The van der Waals surface area contributed by atoms with Crippen molar-refractivity contribution in [3.05, 3.63) is 75.9 Å². The van der Waals surface area contributed by atoms with Gasteiger partial charge in [0.2, 0.25) is 0 Å². The summed E-state index contributed by atoms with van der Waals surface area (Å²) in [7, 11) is 1.62. The van der Waals surface area contributed by atoms with Gasteiger partial charge in [-0.25, -0.2) is 9.97 Å². The van der Waals surface area contributed by atoms with E-state index in [9.17, 15) is 4.79 Å². The predicted octanol–water partition coefficient (Wildman–Crippen LogP) is 4.19. The Balaban J connectivity index is 1.83. The summed E-state index contributed by atoms with van der Waals surface area (Å²) in [5.41, 5.74) is 8.97. The molecule has 1 aliphatic heterocycles. The van der Waals surface area contributed by atoms with Crippen LogP contribution in [0.4, 0.5) is 5.82 Å². The average Bonchev–Trinajstić information content (AvgIpc) is 3.01. The zero-order chi connectivity index (χ0) is 20.5. The van der Waals surface area contributed by atoms with Crippen molar-refractivity contribution in [2.75, 3.05) is 19.1 Å². The highest BCUT2D eigenvalue weighted by atomic mass is 35.5. The highest BCUT2D eigenvalue weighted by molar-refractivity contribution is 7.98. The van der Waals surface area contributed by atoms with E-state index < -0.39 is 6.04 Å². The van der Waals surface area contributed by atoms with Crippen LogP contribution in [0.1, 0.15) is 33.2 Å². The van der Waals surface area contributed by atoms with Gasteiger partial charge in [0.1, 0.15) is 17.3 Å². The van der Waals surface area contributed by atoms with Gasteiger partial charge in [0.05, 0.1) is 18.7 Å². The van der Waals surface area contributed by atoms with E-state index in [0.717, 1.165) is 16.9 Å². The van der Waals surface area contributed by atoms with Gasteiger partial charge in [0, 0.05) is 11.6 Å². The third-order valence-electron chi connectivity index (χ3n) is 4.90. The summed E-state index contributed by atoms with van der Waals surface area (Å²) in [4.78, 5) is 23.9. The number of rotatable bonds is 5. The second kappa shape index (κ2) is 7.93. The van der Waals surface area contributed by atoms with Crippen molar-refractivity contribution < 1.29 is 9.53 Å². The lowest BCUT2D eigenvalue weighted by Gasteiger charge is -2.26. The van der Waals surface area contributed by atoms with Crippen LogP contribution in [0, 0.1) is 0 Å². The number of anilines is 1. The van der Waals surface area contributed by atoms with Gasteiger partial charge in [-0.05, 0) is 35.6 Å². The van der Waals surface area contributed by atoms with Crippen LogP contribution >= 0.6 is 23.4 Å². The molecule has 0 saturated heterocycles. The zero-order valence-electron chi connectivity index (χ0n) is 15.9. The molecule has 4 rings (SSSR count). The molecule has 2 heterocycles. The van der Waals surface area contributed by atoms with Gasteiger partial charge in [-0.15, -0.1) is 0 Å². The summed E-state index contributed by atoms with van der Waals surface area (Å²) < 4.78 is 5.22. The Morgan fingerprint density at radius 3 is 2.55 bits per heavy atom. The van der Waals surface area contributed by atoms with Crippen LogP contribution in [0.5, 0.6) is 5.75 Å². The van der Waals surface area contributed by atoms with E-state index in [-0.39, 0.29) is 5.91 Å². The molecular formula is C21H19ClN4O2S. The van der Waals surface area contributed by atoms with Crippen molar-refractivity contribution in [3.8, 4) is 5.75 Å². The quantitative estimate of drug-likeness (QED) is 0.486. The largest absolute Gasteiger partial charge is 0.497 e. The van der Waals surface area contributed by atoms with E-state index in [1.54, 1.807) is 18.1 Å².